The number of aryl methyl sites for hydroxylation is 2. The number of rotatable bonds is 6. The van der Waals surface area contributed by atoms with Crippen LogP contribution >= 0.6 is 11.3 Å². The molecule has 0 N–H and O–H groups in total. The Morgan fingerprint density at radius 3 is 2.72 bits per heavy atom. The summed E-state index contributed by atoms with van der Waals surface area (Å²) in [5, 5.41) is 3.11. The van der Waals surface area contributed by atoms with Crippen LogP contribution in [-0.2, 0) is 16.0 Å². The predicted molar refractivity (Wildman–Crippen MR) is 139 cm³/mol. The van der Waals surface area contributed by atoms with Gasteiger partial charge in [0.25, 0.3) is 0 Å². The molecule has 3 heterocycles. The van der Waals surface area contributed by atoms with Gasteiger partial charge >= 0.3 is 12.1 Å². The zero-order valence-corrected chi connectivity index (χ0v) is 22.2. The molecule has 8 nitrogen and oxygen atoms in total. The Hall–Kier alpha value is -3.20. The molecule has 0 saturated carbocycles. The first-order valence-corrected chi connectivity index (χ1v) is 13.2. The molecule has 1 saturated heterocycles. The molecule has 1 aromatic carbocycles. The number of esters is 1. The van der Waals surface area contributed by atoms with E-state index in [1.165, 1.54) is 22.5 Å². The number of carbonyl (C=O) groups excluding carboxylic acids is 2. The topological polar surface area (TPSA) is 98.9 Å². The number of thiazole rings is 1. The monoisotopic (exact) mass is 512 g/mol. The molecule has 1 aliphatic heterocycles. The second-order valence-electron chi connectivity index (χ2n) is 10.0. The van der Waals surface area contributed by atoms with Gasteiger partial charge in [0.1, 0.15) is 29.2 Å². The number of carbonyl (C=O) groups is 2. The lowest BCUT2D eigenvalue weighted by molar-refractivity contribution is -0.139. The molecule has 1 aliphatic rings. The maximum atomic E-state index is 13.3. The van der Waals surface area contributed by atoms with Gasteiger partial charge < -0.3 is 13.9 Å². The van der Waals surface area contributed by atoms with Crippen LogP contribution in [0.25, 0.3) is 22.2 Å². The van der Waals surface area contributed by atoms with Crippen LogP contribution in [0.3, 0.4) is 0 Å². The van der Waals surface area contributed by atoms with Crippen LogP contribution < -0.4 is 10.2 Å². The standard InChI is InChI=1S/C27H32N2O6S/c1-6-7-9-17-12-18-23(33-14-19(24(18)30)20-15-36-16(2)28-20)13-22(17)34-25(31)21-10-8-11-29(21)26(32)35-27(3,4)5/h12-15,21H,6-11H2,1-5H3/t21-/m0/s1. The molecule has 1 atom stereocenters. The molecular formula is C27H32N2O6S. The Labute approximate surface area is 214 Å². The maximum absolute atomic E-state index is 13.3. The molecule has 4 rings (SSSR count). The number of ether oxygens (including phenoxy) is 2. The Morgan fingerprint density at radius 2 is 2.06 bits per heavy atom. The number of unbranched alkanes of at least 4 members (excludes halogenated alkanes) is 1. The van der Waals surface area contributed by atoms with Crippen molar-refractivity contribution in [3.05, 3.63) is 44.6 Å². The van der Waals surface area contributed by atoms with E-state index >= 15 is 0 Å². The first kappa shape index (κ1) is 25.9. The lowest BCUT2D eigenvalue weighted by Gasteiger charge is -2.27. The third kappa shape index (κ3) is 5.61. The summed E-state index contributed by atoms with van der Waals surface area (Å²) in [4.78, 5) is 45.0. The van der Waals surface area contributed by atoms with E-state index in [1.807, 2.05) is 12.3 Å². The van der Waals surface area contributed by atoms with E-state index < -0.39 is 23.7 Å². The minimum absolute atomic E-state index is 0.177. The minimum atomic E-state index is -0.725. The fourth-order valence-electron chi connectivity index (χ4n) is 4.25. The van der Waals surface area contributed by atoms with Gasteiger partial charge in [-0.2, -0.15) is 0 Å². The van der Waals surface area contributed by atoms with Crippen LogP contribution in [0.1, 0.15) is 63.9 Å². The van der Waals surface area contributed by atoms with Crippen LogP contribution in [-0.4, -0.2) is 40.1 Å². The fourth-order valence-corrected chi connectivity index (χ4v) is 4.86. The molecule has 36 heavy (non-hydrogen) atoms. The van der Waals surface area contributed by atoms with Crippen molar-refractivity contribution in [1.82, 2.24) is 9.88 Å². The van der Waals surface area contributed by atoms with E-state index in [-0.39, 0.29) is 5.43 Å². The molecule has 0 unspecified atom stereocenters. The third-order valence-corrected chi connectivity index (χ3v) is 6.79. The molecule has 0 spiro atoms. The summed E-state index contributed by atoms with van der Waals surface area (Å²) in [6.45, 7) is 9.76. The van der Waals surface area contributed by atoms with Gasteiger partial charge in [-0.05, 0) is 65.0 Å². The molecule has 0 radical (unpaired) electrons. The molecule has 0 bridgehead atoms. The van der Waals surface area contributed by atoms with Crippen molar-refractivity contribution < 1.29 is 23.5 Å². The number of benzene rings is 1. The van der Waals surface area contributed by atoms with E-state index in [2.05, 4.69) is 11.9 Å². The Balaban J connectivity index is 1.65. The molecule has 2 aromatic heterocycles. The van der Waals surface area contributed by atoms with Gasteiger partial charge in [0.2, 0.25) is 5.43 Å². The second kappa shape index (κ2) is 10.4. The van der Waals surface area contributed by atoms with E-state index in [1.54, 1.807) is 32.9 Å². The third-order valence-electron chi connectivity index (χ3n) is 6.01. The summed E-state index contributed by atoms with van der Waals surface area (Å²) in [5.74, 6) is -0.176. The highest BCUT2D eigenvalue weighted by Gasteiger charge is 2.38. The van der Waals surface area contributed by atoms with Gasteiger partial charge in [-0.25, -0.2) is 14.6 Å². The van der Waals surface area contributed by atoms with Gasteiger partial charge in [-0.3, -0.25) is 9.69 Å². The van der Waals surface area contributed by atoms with Crippen molar-refractivity contribution >= 4 is 34.4 Å². The Bertz CT molecular complexity index is 1340. The number of amides is 1. The summed E-state index contributed by atoms with van der Waals surface area (Å²) < 4.78 is 17.1. The highest BCUT2D eigenvalue weighted by molar-refractivity contribution is 7.09. The molecule has 9 heteroatoms. The van der Waals surface area contributed by atoms with Crippen LogP contribution in [0.15, 0.2) is 33.0 Å². The lowest BCUT2D eigenvalue weighted by Crippen LogP contribution is -2.44. The predicted octanol–water partition coefficient (Wildman–Crippen LogP) is 5.87. The van der Waals surface area contributed by atoms with Crippen molar-refractivity contribution in [2.75, 3.05) is 6.54 Å². The molecule has 1 fully saturated rings. The SMILES string of the molecule is CCCCc1cc2c(=O)c(-c3csc(C)n3)coc2cc1OC(=O)[C@@H]1CCCN1C(=O)OC(C)(C)C. The molecule has 1 amide bonds. The van der Waals surface area contributed by atoms with Crippen molar-refractivity contribution in [2.24, 2.45) is 0 Å². The minimum Gasteiger partial charge on any atom is -0.463 e. The van der Waals surface area contributed by atoms with Crippen LogP contribution in [0.2, 0.25) is 0 Å². The average Bonchev–Trinajstić information content (AvgIpc) is 3.46. The number of hydrogen-bond acceptors (Lipinski definition) is 8. The summed E-state index contributed by atoms with van der Waals surface area (Å²) in [7, 11) is 0. The number of aromatic nitrogens is 1. The fraction of sp³-hybridized carbons (Fsp3) is 0.481. The van der Waals surface area contributed by atoms with E-state index in [0.717, 1.165) is 23.4 Å². The highest BCUT2D eigenvalue weighted by Crippen LogP contribution is 2.30. The summed E-state index contributed by atoms with van der Waals surface area (Å²) in [6, 6.07) is 2.63. The van der Waals surface area contributed by atoms with Gasteiger partial charge in [0, 0.05) is 18.0 Å². The van der Waals surface area contributed by atoms with Crippen LogP contribution in [0.4, 0.5) is 4.79 Å². The summed E-state index contributed by atoms with van der Waals surface area (Å²) in [6.07, 6.45) is 4.50. The van der Waals surface area contributed by atoms with Gasteiger partial charge in [0.15, 0.2) is 0 Å². The lowest BCUT2D eigenvalue weighted by atomic mass is 10.0. The van der Waals surface area contributed by atoms with E-state index in [4.69, 9.17) is 13.9 Å². The summed E-state index contributed by atoms with van der Waals surface area (Å²) in [5.41, 5.74) is 1.23. The second-order valence-corrected chi connectivity index (χ2v) is 11.1. The van der Waals surface area contributed by atoms with E-state index in [9.17, 15) is 14.4 Å². The summed E-state index contributed by atoms with van der Waals surface area (Å²) >= 11 is 1.47. The molecule has 0 aliphatic carbocycles. The van der Waals surface area contributed by atoms with Gasteiger partial charge in [0.05, 0.1) is 21.7 Å². The van der Waals surface area contributed by atoms with Gasteiger partial charge in [-0.1, -0.05) is 13.3 Å². The number of hydrogen-bond donors (Lipinski definition) is 0. The van der Waals surface area contributed by atoms with E-state index in [0.29, 0.717) is 53.8 Å². The Morgan fingerprint density at radius 1 is 1.28 bits per heavy atom. The first-order valence-electron chi connectivity index (χ1n) is 12.3. The molecule has 3 aromatic rings. The van der Waals surface area contributed by atoms with Crippen molar-refractivity contribution in [1.29, 1.82) is 0 Å². The maximum Gasteiger partial charge on any atom is 0.411 e. The number of fused-ring (bicyclic) bond motifs is 1. The number of nitrogens with zero attached hydrogens (tertiary/aromatic N) is 2. The highest BCUT2D eigenvalue weighted by atomic mass is 32.1. The largest absolute Gasteiger partial charge is 0.463 e. The Kier molecular flexibility index (Phi) is 7.49. The zero-order valence-electron chi connectivity index (χ0n) is 21.4. The smallest absolute Gasteiger partial charge is 0.411 e. The van der Waals surface area contributed by atoms with Crippen molar-refractivity contribution in [2.45, 2.75) is 78.4 Å². The molecular weight excluding hydrogens is 480 g/mol. The number of likely N-dealkylation sites (tertiary alicyclic amines) is 1. The normalized spacial score (nSPS) is 15.9. The van der Waals surface area contributed by atoms with Crippen LogP contribution in [0, 0.1) is 6.92 Å². The zero-order chi connectivity index (χ0) is 26.0. The van der Waals surface area contributed by atoms with Crippen molar-refractivity contribution in [3.63, 3.8) is 0 Å². The van der Waals surface area contributed by atoms with Crippen LogP contribution in [0.5, 0.6) is 5.75 Å². The quantitative estimate of drug-likeness (QED) is 0.301. The molecule has 192 valence electrons. The van der Waals surface area contributed by atoms with Gasteiger partial charge in [-0.15, -0.1) is 11.3 Å². The van der Waals surface area contributed by atoms with Crippen molar-refractivity contribution in [3.8, 4) is 17.0 Å². The first-order chi connectivity index (χ1) is 17.1. The average molecular weight is 513 g/mol.